The highest BCUT2D eigenvalue weighted by Crippen LogP contribution is 2.14. The number of nitrogens with zero attached hydrogens (tertiary/aromatic N) is 1. The Balaban J connectivity index is 2.01. The van der Waals surface area contributed by atoms with E-state index in [9.17, 15) is 9.90 Å². The summed E-state index contributed by atoms with van der Waals surface area (Å²) in [6.45, 7) is 0. The average molecular weight is 274 g/mol. The van der Waals surface area contributed by atoms with Gasteiger partial charge in [0.25, 0.3) is 0 Å². The van der Waals surface area contributed by atoms with Crippen LogP contribution in [0, 0.1) is 0 Å². The minimum Gasteiger partial charge on any atom is -0.545 e. The van der Waals surface area contributed by atoms with Crippen molar-refractivity contribution in [3.05, 3.63) is 64.7 Å². The summed E-state index contributed by atoms with van der Waals surface area (Å²) in [5.41, 5.74) is 4.52. The molecule has 2 aromatic rings. The van der Waals surface area contributed by atoms with E-state index in [0.717, 1.165) is 11.3 Å². The summed E-state index contributed by atoms with van der Waals surface area (Å²) >= 11 is 5.83. The van der Waals surface area contributed by atoms with Gasteiger partial charge >= 0.3 is 0 Å². The minimum absolute atomic E-state index is 0.139. The number of hydrogen-bond donors (Lipinski definition) is 1. The second kappa shape index (κ2) is 6.02. The fourth-order valence-electron chi connectivity index (χ4n) is 1.44. The van der Waals surface area contributed by atoms with Crippen molar-refractivity contribution < 1.29 is 9.90 Å². The van der Waals surface area contributed by atoms with E-state index < -0.39 is 5.97 Å². The van der Waals surface area contributed by atoms with Gasteiger partial charge in [-0.05, 0) is 29.3 Å². The van der Waals surface area contributed by atoms with E-state index in [4.69, 9.17) is 11.6 Å². The molecule has 19 heavy (non-hydrogen) atoms. The second-order valence-corrected chi connectivity index (χ2v) is 4.23. The number of carbonyl (C=O) groups excluding carboxylic acids is 1. The Morgan fingerprint density at radius 3 is 2.58 bits per heavy atom. The number of halogens is 1. The van der Waals surface area contributed by atoms with E-state index in [-0.39, 0.29) is 5.56 Å². The first-order chi connectivity index (χ1) is 9.15. The third-order valence-corrected chi connectivity index (χ3v) is 2.61. The van der Waals surface area contributed by atoms with Gasteiger partial charge in [0.2, 0.25) is 0 Å². The number of nitrogens with one attached hydrogen (secondary N) is 1. The van der Waals surface area contributed by atoms with Crippen LogP contribution in [0.15, 0.2) is 53.6 Å². The maximum absolute atomic E-state index is 10.6. The second-order valence-electron chi connectivity index (χ2n) is 3.79. The zero-order valence-electron chi connectivity index (χ0n) is 9.84. The molecule has 0 fully saturated rings. The van der Waals surface area contributed by atoms with E-state index in [0.29, 0.717) is 5.02 Å². The van der Waals surface area contributed by atoms with E-state index in [1.807, 2.05) is 12.1 Å². The maximum atomic E-state index is 10.6. The molecular weight excluding hydrogens is 264 g/mol. The lowest BCUT2D eigenvalue weighted by Crippen LogP contribution is -2.21. The zero-order valence-corrected chi connectivity index (χ0v) is 10.6. The van der Waals surface area contributed by atoms with Gasteiger partial charge in [-0.25, -0.2) is 0 Å². The van der Waals surface area contributed by atoms with E-state index in [1.54, 1.807) is 30.5 Å². The molecule has 1 N–H and O–H groups in total. The Bertz CT molecular complexity index is 609. The fraction of sp³-hybridized carbons (Fsp3) is 0. The third-order valence-electron chi connectivity index (χ3n) is 2.38. The van der Waals surface area contributed by atoms with Crippen LogP contribution >= 0.6 is 11.6 Å². The molecular formula is C14H10ClN2O2-. The molecule has 0 amide bonds. The third kappa shape index (κ3) is 3.82. The van der Waals surface area contributed by atoms with Crippen molar-refractivity contribution in [2.45, 2.75) is 0 Å². The summed E-state index contributed by atoms with van der Waals surface area (Å²) in [4.78, 5) is 10.6. The van der Waals surface area contributed by atoms with Crippen molar-refractivity contribution >= 4 is 29.5 Å². The summed E-state index contributed by atoms with van der Waals surface area (Å²) in [5, 5.41) is 15.2. The predicted molar refractivity (Wildman–Crippen MR) is 73.4 cm³/mol. The monoisotopic (exact) mass is 273 g/mol. The van der Waals surface area contributed by atoms with E-state index in [2.05, 4.69) is 10.5 Å². The van der Waals surface area contributed by atoms with Crippen molar-refractivity contribution in [3.8, 4) is 0 Å². The number of hydrogen-bond acceptors (Lipinski definition) is 4. The number of hydrazone groups is 1. The largest absolute Gasteiger partial charge is 0.545 e. The molecule has 4 nitrogen and oxygen atoms in total. The van der Waals surface area contributed by atoms with Crippen molar-refractivity contribution in [1.82, 2.24) is 0 Å². The molecule has 0 spiro atoms. The molecule has 0 unspecified atom stereocenters. The summed E-state index contributed by atoms with van der Waals surface area (Å²) in [5.74, 6) is -1.19. The van der Waals surface area contributed by atoms with Crippen LogP contribution in [0.1, 0.15) is 15.9 Å². The number of carboxylic acid groups (broad SMARTS) is 1. The first-order valence-electron chi connectivity index (χ1n) is 5.51. The number of carbonyl (C=O) groups is 1. The molecule has 2 aromatic carbocycles. The van der Waals surface area contributed by atoms with Crippen LogP contribution in [-0.2, 0) is 0 Å². The lowest BCUT2D eigenvalue weighted by atomic mass is 10.1. The molecule has 0 bridgehead atoms. The van der Waals surface area contributed by atoms with Gasteiger partial charge in [-0.15, -0.1) is 0 Å². The Labute approximate surface area is 115 Å². The SMILES string of the molecule is O=C([O-])c1ccc(/C=N\Nc2cccc(Cl)c2)cc1. The molecule has 0 saturated carbocycles. The molecule has 0 heterocycles. The lowest BCUT2D eigenvalue weighted by molar-refractivity contribution is -0.255. The van der Waals surface area contributed by atoms with Crippen LogP contribution in [0.5, 0.6) is 0 Å². The van der Waals surface area contributed by atoms with Gasteiger partial charge in [0, 0.05) is 5.02 Å². The average Bonchev–Trinajstić information content (AvgIpc) is 2.39. The summed E-state index contributed by atoms with van der Waals surface area (Å²) in [6, 6.07) is 13.4. The summed E-state index contributed by atoms with van der Waals surface area (Å²) in [6.07, 6.45) is 1.58. The van der Waals surface area contributed by atoms with Crippen LogP contribution in [0.2, 0.25) is 5.02 Å². The standard InChI is InChI=1S/C14H11ClN2O2/c15-12-2-1-3-13(8-12)17-16-9-10-4-6-11(7-5-10)14(18)19/h1-9,17H,(H,18,19)/p-1/b16-9-. The topological polar surface area (TPSA) is 64.5 Å². The van der Waals surface area contributed by atoms with Gasteiger partial charge in [-0.3, -0.25) is 5.43 Å². The first-order valence-corrected chi connectivity index (χ1v) is 5.89. The van der Waals surface area contributed by atoms with Gasteiger partial charge in [-0.1, -0.05) is 41.9 Å². The van der Waals surface area contributed by atoms with Crippen LogP contribution in [-0.4, -0.2) is 12.2 Å². The van der Waals surface area contributed by atoms with Crippen molar-refractivity contribution in [2.24, 2.45) is 5.10 Å². The number of aromatic carboxylic acids is 1. The Kier molecular flexibility index (Phi) is 4.15. The summed E-state index contributed by atoms with van der Waals surface area (Å²) in [7, 11) is 0. The van der Waals surface area contributed by atoms with Crippen LogP contribution in [0.25, 0.3) is 0 Å². The van der Waals surface area contributed by atoms with Crippen LogP contribution in [0.4, 0.5) is 5.69 Å². The lowest BCUT2D eigenvalue weighted by Gasteiger charge is -2.02. The quantitative estimate of drug-likeness (QED) is 0.686. The molecule has 5 heteroatoms. The highest BCUT2D eigenvalue weighted by Gasteiger charge is 1.93. The zero-order chi connectivity index (χ0) is 13.7. The van der Waals surface area contributed by atoms with Gasteiger partial charge < -0.3 is 9.90 Å². The van der Waals surface area contributed by atoms with Gasteiger partial charge in [-0.2, -0.15) is 5.10 Å². The molecule has 0 aromatic heterocycles. The predicted octanol–water partition coefficient (Wildman–Crippen LogP) is 2.15. The molecule has 0 saturated heterocycles. The van der Waals surface area contributed by atoms with Crippen molar-refractivity contribution in [1.29, 1.82) is 0 Å². The fourth-order valence-corrected chi connectivity index (χ4v) is 1.63. The Morgan fingerprint density at radius 1 is 1.21 bits per heavy atom. The highest BCUT2D eigenvalue weighted by molar-refractivity contribution is 6.30. The molecule has 96 valence electrons. The van der Waals surface area contributed by atoms with E-state index >= 15 is 0 Å². The first kappa shape index (κ1) is 13.1. The molecule has 0 radical (unpaired) electrons. The molecule has 0 atom stereocenters. The van der Waals surface area contributed by atoms with Gasteiger partial charge in [0.15, 0.2) is 0 Å². The maximum Gasteiger partial charge on any atom is 0.0715 e. The van der Waals surface area contributed by atoms with E-state index in [1.165, 1.54) is 12.1 Å². The molecule has 2 rings (SSSR count). The number of anilines is 1. The van der Waals surface area contributed by atoms with Gasteiger partial charge in [0.1, 0.15) is 0 Å². The Morgan fingerprint density at radius 2 is 1.95 bits per heavy atom. The number of benzene rings is 2. The van der Waals surface area contributed by atoms with Crippen molar-refractivity contribution in [2.75, 3.05) is 5.43 Å². The highest BCUT2D eigenvalue weighted by atomic mass is 35.5. The number of carboxylic acids is 1. The minimum atomic E-state index is -1.19. The van der Waals surface area contributed by atoms with Crippen molar-refractivity contribution in [3.63, 3.8) is 0 Å². The molecule has 0 aliphatic rings. The number of rotatable bonds is 4. The summed E-state index contributed by atoms with van der Waals surface area (Å²) < 4.78 is 0. The van der Waals surface area contributed by atoms with Gasteiger partial charge in [0.05, 0.1) is 17.9 Å². The smallest absolute Gasteiger partial charge is 0.0715 e. The molecule has 0 aliphatic carbocycles. The Hall–Kier alpha value is -2.33. The van der Waals surface area contributed by atoms with Crippen LogP contribution < -0.4 is 10.5 Å². The molecule has 0 aliphatic heterocycles. The van der Waals surface area contributed by atoms with Crippen LogP contribution in [0.3, 0.4) is 0 Å². The normalized spacial score (nSPS) is 10.6.